The second-order valence-electron chi connectivity index (χ2n) is 7.68. The Morgan fingerprint density at radius 2 is 2.06 bits per heavy atom. The number of carbonyl (C=O) groups is 2. The SMILES string of the molecule is Cc1cc(C(=O)N2CCCC2C(=O)N(C)Cc2nc3ccccc3s2)ccc1[N+](=O)[O-]. The Morgan fingerprint density at radius 1 is 1.29 bits per heavy atom. The molecule has 4 rings (SSSR count). The highest BCUT2D eigenvalue weighted by Gasteiger charge is 2.36. The number of fused-ring (bicyclic) bond motifs is 1. The third-order valence-electron chi connectivity index (χ3n) is 5.53. The number of aromatic nitrogens is 1. The molecule has 1 saturated heterocycles. The summed E-state index contributed by atoms with van der Waals surface area (Å²) < 4.78 is 1.07. The number of likely N-dealkylation sites (N-methyl/N-ethyl adjacent to an activating group) is 1. The quantitative estimate of drug-likeness (QED) is 0.446. The molecule has 9 heteroatoms. The molecule has 31 heavy (non-hydrogen) atoms. The van der Waals surface area contributed by atoms with Crippen molar-refractivity contribution in [3.63, 3.8) is 0 Å². The number of thiazole rings is 1. The van der Waals surface area contributed by atoms with Crippen LogP contribution in [-0.4, -0.2) is 51.2 Å². The van der Waals surface area contributed by atoms with Gasteiger partial charge in [-0.1, -0.05) is 12.1 Å². The number of amides is 2. The number of aryl methyl sites for hydroxylation is 1. The van der Waals surface area contributed by atoms with E-state index in [0.29, 0.717) is 30.6 Å². The first-order chi connectivity index (χ1) is 14.8. The van der Waals surface area contributed by atoms with E-state index < -0.39 is 11.0 Å². The van der Waals surface area contributed by atoms with Crippen molar-refractivity contribution in [2.75, 3.05) is 13.6 Å². The summed E-state index contributed by atoms with van der Waals surface area (Å²) in [5.41, 5.74) is 1.67. The van der Waals surface area contributed by atoms with Gasteiger partial charge in [0, 0.05) is 30.8 Å². The predicted octanol–water partition coefficient (Wildman–Crippen LogP) is 3.78. The Bertz CT molecular complexity index is 1140. The van der Waals surface area contributed by atoms with Crippen LogP contribution in [0.2, 0.25) is 0 Å². The van der Waals surface area contributed by atoms with Crippen molar-refractivity contribution in [1.29, 1.82) is 0 Å². The fourth-order valence-electron chi connectivity index (χ4n) is 3.95. The Kier molecular flexibility index (Phi) is 5.69. The fourth-order valence-corrected chi connectivity index (χ4v) is 4.97. The standard InChI is InChI=1S/C22H22N4O4S/c1-14-12-15(9-10-17(14)26(29)30)21(27)25-11-5-7-18(25)22(28)24(2)13-20-23-16-6-3-4-8-19(16)31-20/h3-4,6,8-10,12,18H,5,7,11,13H2,1-2H3. The summed E-state index contributed by atoms with van der Waals surface area (Å²) in [6, 6.07) is 11.6. The number of nitro groups is 1. The predicted molar refractivity (Wildman–Crippen MR) is 118 cm³/mol. The molecule has 0 bridgehead atoms. The molecule has 0 N–H and O–H groups in total. The molecule has 0 aliphatic carbocycles. The second kappa shape index (κ2) is 8.43. The molecule has 1 fully saturated rings. The maximum Gasteiger partial charge on any atom is 0.272 e. The number of hydrogen-bond donors (Lipinski definition) is 0. The van der Waals surface area contributed by atoms with Crippen LogP contribution >= 0.6 is 11.3 Å². The number of benzene rings is 2. The first kappa shape index (κ1) is 20.9. The highest BCUT2D eigenvalue weighted by Crippen LogP contribution is 2.26. The second-order valence-corrected chi connectivity index (χ2v) is 8.80. The van der Waals surface area contributed by atoms with Gasteiger partial charge in [-0.15, -0.1) is 11.3 Å². The van der Waals surface area contributed by atoms with Gasteiger partial charge in [0.2, 0.25) is 5.91 Å². The molecule has 3 aromatic rings. The number of para-hydroxylation sites is 1. The number of nitro benzene ring substituents is 1. The summed E-state index contributed by atoms with van der Waals surface area (Å²) in [5, 5.41) is 11.9. The molecule has 0 saturated carbocycles. The summed E-state index contributed by atoms with van der Waals surface area (Å²) in [6.45, 7) is 2.47. The molecule has 1 aliphatic heterocycles. The van der Waals surface area contributed by atoms with Crippen LogP contribution in [-0.2, 0) is 11.3 Å². The average molecular weight is 439 g/mol. The zero-order chi connectivity index (χ0) is 22.1. The van der Waals surface area contributed by atoms with E-state index in [-0.39, 0.29) is 17.5 Å². The topological polar surface area (TPSA) is 96.7 Å². The molecular weight excluding hydrogens is 416 g/mol. The molecule has 0 spiro atoms. The van der Waals surface area contributed by atoms with Gasteiger partial charge in [0.1, 0.15) is 11.0 Å². The lowest BCUT2D eigenvalue weighted by atomic mass is 10.1. The van der Waals surface area contributed by atoms with E-state index in [1.807, 2.05) is 24.3 Å². The maximum atomic E-state index is 13.1. The Morgan fingerprint density at radius 3 is 2.77 bits per heavy atom. The van der Waals surface area contributed by atoms with Crippen LogP contribution < -0.4 is 0 Å². The molecule has 2 heterocycles. The summed E-state index contributed by atoms with van der Waals surface area (Å²) in [4.78, 5) is 44.6. The van der Waals surface area contributed by atoms with Crippen LogP contribution in [0.5, 0.6) is 0 Å². The van der Waals surface area contributed by atoms with E-state index in [0.717, 1.165) is 21.6 Å². The van der Waals surface area contributed by atoms with Crippen molar-refractivity contribution >= 4 is 39.1 Å². The summed E-state index contributed by atoms with van der Waals surface area (Å²) >= 11 is 1.55. The Hall–Kier alpha value is -3.33. The average Bonchev–Trinajstić information content (AvgIpc) is 3.38. The van der Waals surface area contributed by atoms with Crippen molar-refractivity contribution < 1.29 is 14.5 Å². The lowest BCUT2D eigenvalue weighted by molar-refractivity contribution is -0.385. The van der Waals surface area contributed by atoms with Crippen molar-refractivity contribution in [3.8, 4) is 0 Å². The van der Waals surface area contributed by atoms with Gasteiger partial charge in [0.05, 0.1) is 21.7 Å². The van der Waals surface area contributed by atoms with E-state index in [4.69, 9.17) is 0 Å². The minimum Gasteiger partial charge on any atom is -0.337 e. The van der Waals surface area contributed by atoms with Gasteiger partial charge in [-0.3, -0.25) is 19.7 Å². The van der Waals surface area contributed by atoms with Crippen LogP contribution in [0, 0.1) is 17.0 Å². The van der Waals surface area contributed by atoms with Crippen molar-refractivity contribution in [3.05, 3.63) is 68.7 Å². The third-order valence-corrected chi connectivity index (χ3v) is 6.55. The van der Waals surface area contributed by atoms with Gasteiger partial charge in [-0.25, -0.2) is 4.98 Å². The number of hydrogen-bond acceptors (Lipinski definition) is 6. The van der Waals surface area contributed by atoms with E-state index in [2.05, 4.69) is 4.98 Å². The highest BCUT2D eigenvalue weighted by molar-refractivity contribution is 7.18. The van der Waals surface area contributed by atoms with Gasteiger partial charge in [0.15, 0.2) is 0 Å². The van der Waals surface area contributed by atoms with Crippen LogP contribution in [0.25, 0.3) is 10.2 Å². The van der Waals surface area contributed by atoms with E-state index >= 15 is 0 Å². The Balaban J connectivity index is 1.49. The van der Waals surface area contributed by atoms with Gasteiger partial charge in [0.25, 0.3) is 11.6 Å². The van der Waals surface area contributed by atoms with Gasteiger partial charge >= 0.3 is 0 Å². The van der Waals surface area contributed by atoms with Crippen molar-refractivity contribution in [2.24, 2.45) is 0 Å². The minimum atomic E-state index is -0.539. The molecular formula is C22H22N4O4S. The van der Waals surface area contributed by atoms with Crippen molar-refractivity contribution in [2.45, 2.75) is 32.4 Å². The monoisotopic (exact) mass is 438 g/mol. The van der Waals surface area contributed by atoms with Crippen LogP contribution in [0.1, 0.15) is 33.8 Å². The third kappa shape index (κ3) is 4.13. The molecule has 1 unspecified atom stereocenters. The summed E-state index contributed by atoms with van der Waals surface area (Å²) in [7, 11) is 1.73. The first-order valence-electron chi connectivity index (χ1n) is 10.0. The fraction of sp³-hybridized carbons (Fsp3) is 0.318. The number of carbonyl (C=O) groups excluding carboxylic acids is 2. The van der Waals surface area contributed by atoms with Crippen LogP contribution in [0.4, 0.5) is 5.69 Å². The van der Waals surface area contributed by atoms with Gasteiger partial charge in [-0.2, -0.15) is 0 Å². The number of likely N-dealkylation sites (tertiary alicyclic amines) is 1. The van der Waals surface area contributed by atoms with E-state index in [1.165, 1.54) is 18.2 Å². The van der Waals surface area contributed by atoms with E-state index in [1.54, 1.807) is 35.1 Å². The molecule has 1 aliphatic rings. The molecule has 2 amide bonds. The Labute approximate surface area is 183 Å². The lowest BCUT2D eigenvalue weighted by Gasteiger charge is -2.27. The van der Waals surface area contributed by atoms with Crippen LogP contribution in [0.15, 0.2) is 42.5 Å². The lowest BCUT2D eigenvalue weighted by Crippen LogP contribution is -2.46. The highest BCUT2D eigenvalue weighted by atomic mass is 32.1. The minimum absolute atomic E-state index is 0.0267. The maximum absolute atomic E-state index is 13.1. The first-order valence-corrected chi connectivity index (χ1v) is 10.8. The summed E-state index contributed by atoms with van der Waals surface area (Å²) in [5.74, 6) is -0.397. The molecule has 160 valence electrons. The zero-order valence-corrected chi connectivity index (χ0v) is 18.1. The zero-order valence-electron chi connectivity index (χ0n) is 17.3. The smallest absolute Gasteiger partial charge is 0.272 e. The largest absolute Gasteiger partial charge is 0.337 e. The number of rotatable bonds is 5. The summed E-state index contributed by atoms with van der Waals surface area (Å²) in [6.07, 6.45) is 1.34. The van der Waals surface area contributed by atoms with E-state index in [9.17, 15) is 19.7 Å². The van der Waals surface area contributed by atoms with Gasteiger partial charge < -0.3 is 9.80 Å². The van der Waals surface area contributed by atoms with Crippen molar-refractivity contribution in [1.82, 2.24) is 14.8 Å². The molecule has 2 aromatic carbocycles. The normalized spacial score (nSPS) is 15.9. The van der Waals surface area contributed by atoms with Crippen LogP contribution in [0.3, 0.4) is 0 Å². The molecule has 1 atom stereocenters. The molecule has 8 nitrogen and oxygen atoms in total. The molecule has 1 aromatic heterocycles. The van der Waals surface area contributed by atoms with Gasteiger partial charge in [-0.05, 0) is 44.0 Å². The molecule has 0 radical (unpaired) electrons. The number of nitrogens with zero attached hydrogens (tertiary/aromatic N) is 4.